The first-order chi connectivity index (χ1) is 10.1. The number of para-hydroxylation sites is 1. The summed E-state index contributed by atoms with van der Waals surface area (Å²) in [6.07, 6.45) is 1.40. The third kappa shape index (κ3) is 3.78. The van der Waals surface area contributed by atoms with E-state index in [1.807, 2.05) is 0 Å². The Morgan fingerprint density at radius 3 is 2.86 bits per heavy atom. The summed E-state index contributed by atoms with van der Waals surface area (Å²) in [6, 6.07) is 6.13. The van der Waals surface area contributed by atoms with Gasteiger partial charge in [-0.25, -0.2) is 4.68 Å². The molecule has 2 N–H and O–H groups in total. The Morgan fingerprint density at radius 1 is 1.38 bits per heavy atom. The largest absolute Gasteiger partial charge is 0.507 e. The van der Waals surface area contributed by atoms with E-state index in [9.17, 15) is 14.7 Å². The number of benzene rings is 1. The highest BCUT2D eigenvalue weighted by atomic mass is 16.5. The monoisotopic (exact) mass is 290 g/mol. The number of aromatic nitrogens is 3. The number of esters is 1. The van der Waals surface area contributed by atoms with Crippen molar-refractivity contribution < 1.29 is 19.4 Å². The van der Waals surface area contributed by atoms with Gasteiger partial charge >= 0.3 is 5.97 Å². The number of anilines is 1. The van der Waals surface area contributed by atoms with Gasteiger partial charge in [-0.2, -0.15) is 0 Å². The number of rotatable bonds is 5. The zero-order valence-corrected chi connectivity index (χ0v) is 11.3. The normalized spacial score (nSPS) is 10.1. The van der Waals surface area contributed by atoms with Crippen LogP contribution in [0.5, 0.6) is 5.75 Å². The Morgan fingerprint density at radius 2 is 2.14 bits per heavy atom. The number of nitrogens with zero attached hydrogens (tertiary/aromatic N) is 3. The van der Waals surface area contributed by atoms with Crippen LogP contribution < -0.4 is 5.32 Å². The van der Waals surface area contributed by atoms with Crippen LogP contribution in [-0.4, -0.2) is 38.6 Å². The minimum Gasteiger partial charge on any atom is -0.507 e. The molecule has 8 nitrogen and oxygen atoms in total. The molecule has 0 aliphatic heterocycles. The molecular weight excluding hydrogens is 276 g/mol. The van der Waals surface area contributed by atoms with Crippen LogP contribution in [0.2, 0.25) is 0 Å². The van der Waals surface area contributed by atoms with Gasteiger partial charge < -0.3 is 15.2 Å². The molecule has 0 atom stereocenters. The molecule has 0 aliphatic carbocycles. The van der Waals surface area contributed by atoms with Crippen LogP contribution in [0, 0.1) is 0 Å². The van der Waals surface area contributed by atoms with Gasteiger partial charge in [0.25, 0.3) is 5.91 Å². The predicted octanol–water partition coefficient (Wildman–Crippen LogP) is 0.799. The number of aromatic hydroxyl groups is 1. The van der Waals surface area contributed by atoms with Gasteiger partial charge in [0.2, 0.25) is 0 Å². The van der Waals surface area contributed by atoms with Crippen molar-refractivity contribution in [3.8, 4) is 5.75 Å². The van der Waals surface area contributed by atoms with E-state index in [0.717, 1.165) is 0 Å². The molecule has 2 rings (SSSR count). The van der Waals surface area contributed by atoms with Crippen molar-refractivity contribution in [1.29, 1.82) is 0 Å². The Hall–Kier alpha value is -2.90. The topological polar surface area (TPSA) is 106 Å². The molecule has 0 aliphatic rings. The summed E-state index contributed by atoms with van der Waals surface area (Å²) < 4.78 is 6.02. The van der Waals surface area contributed by atoms with Crippen LogP contribution in [0.4, 0.5) is 5.82 Å². The minimum atomic E-state index is -0.517. The van der Waals surface area contributed by atoms with Crippen LogP contribution >= 0.6 is 0 Å². The number of nitrogens with one attached hydrogen (secondary N) is 1. The molecule has 0 radical (unpaired) electrons. The summed E-state index contributed by atoms with van der Waals surface area (Å²) in [5, 5.41) is 19.5. The molecule has 1 heterocycles. The summed E-state index contributed by atoms with van der Waals surface area (Å²) in [6.45, 7) is 1.90. The number of hydrogen-bond donors (Lipinski definition) is 2. The molecule has 0 bridgehead atoms. The molecule has 8 heteroatoms. The van der Waals surface area contributed by atoms with Crippen molar-refractivity contribution in [3.05, 3.63) is 36.0 Å². The van der Waals surface area contributed by atoms with Crippen molar-refractivity contribution >= 4 is 17.7 Å². The standard InChI is InChI=1S/C13H14N4O4/c1-2-21-12(19)8-17-7-11(15-16-17)14-13(20)9-5-3-4-6-10(9)18/h3-7,18H,2,8H2,1H3,(H,14,20). The number of ether oxygens (including phenoxy) is 1. The number of carbonyl (C=O) groups is 2. The zero-order valence-electron chi connectivity index (χ0n) is 11.3. The molecule has 1 aromatic heterocycles. The first-order valence-electron chi connectivity index (χ1n) is 6.25. The molecule has 110 valence electrons. The lowest BCUT2D eigenvalue weighted by Gasteiger charge is -2.03. The molecule has 1 amide bonds. The summed E-state index contributed by atoms with van der Waals surface area (Å²) in [7, 11) is 0. The molecule has 0 fully saturated rings. The van der Waals surface area contributed by atoms with E-state index in [1.54, 1.807) is 19.1 Å². The van der Waals surface area contributed by atoms with E-state index in [1.165, 1.54) is 23.0 Å². The fourth-order valence-electron chi connectivity index (χ4n) is 1.62. The fourth-order valence-corrected chi connectivity index (χ4v) is 1.62. The fraction of sp³-hybridized carbons (Fsp3) is 0.231. The molecule has 0 saturated carbocycles. The number of phenols is 1. The van der Waals surface area contributed by atoms with Crippen molar-refractivity contribution in [1.82, 2.24) is 15.0 Å². The lowest BCUT2D eigenvalue weighted by molar-refractivity contribution is -0.144. The van der Waals surface area contributed by atoms with Gasteiger partial charge in [0.1, 0.15) is 12.3 Å². The number of hydrogen-bond acceptors (Lipinski definition) is 6. The first-order valence-corrected chi connectivity index (χ1v) is 6.25. The molecule has 0 spiro atoms. The van der Waals surface area contributed by atoms with Crippen molar-refractivity contribution in [2.75, 3.05) is 11.9 Å². The highest BCUT2D eigenvalue weighted by Gasteiger charge is 2.13. The third-order valence-electron chi connectivity index (χ3n) is 2.53. The second-order valence-electron chi connectivity index (χ2n) is 4.08. The maximum atomic E-state index is 11.9. The van der Waals surface area contributed by atoms with Gasteiger partial charge in [0.05, 0.1) is 18.4 Å². The third-order valence-corrected chi connectivity index (χ3v) is 2.53. The summed E-state index contributed by atoms with van der Waals surface area (Å²) >= 11 is 0. The van der Waals surface area contributed by atoms with E-state index in [2.05, 4.69) is 15.6 Å². The number of carbonyl (C=O) groups excluding carboxylic acids is 2. The van der Waals surface area contributed by atoms with Crippen molar-refractivity contribution in [2.45, 2.75) is 13.5 Å². The molecule has 0 saturated heterocycles. The molecule has 21 heavy (non-hydrogen) atoms. The second kappa shape index (κ2) is 6.51. The van der Waals surface area contributed by atoms with E-state index in [0.29, 0.717) is 0 Å². The lowest BCUT2D eigenvalue weighted by atomic mass is 10.2. The Kier molecular flexibility index (Phi) is 4.50. The van der Waals surface area contributed by atoms with E-state index in [-0.39, 0.29) is 30.3 Å². The van der Waals surface area contributed by atoms with Gasteiger partial charge in [-0.15, -0.1) is 5.10 Å². The molecular formula is C13H14N4O4. The smallest absolute Gasteiger partial charge is 0.327 e. The van der Waals surface area contributed by atoms with Crippen LogP contribution in [0.15, 0.2) is 30.5 Å². The second-order valence-corrected chi connectivity index (χ2v) is 4.08. The molecule has 0 unspecified atom stereocenters. The maximum Gasteiger partial charge on any atom is 0.327 e. The average Bonchev–Trinajstić information content (AvgIpc) is 2.86. The van der Waals surface area contributed by atoms with Gasteiger partial charge in [0.15, 0.2) is 5.82 Å². The van der Waals surface area contributed by atoms with Gasteiger partial charge in [-0.05, 0) is 19.1 Å². The Balaban J connectivity index is 2.01. The van der Waals surface area contributed by atoms with Crippen LogP contribution in [-0.2, 0) is 16.1 Å². The highest BCUT2D eigenvalue weighted by molar-refractivity contribution is 6.05. The Bertz CT molecular complexity index is 653. The summed E-state index contributed by atoms with van der Waals surface area (Å²) in [5.74, 6) is -0.918. The van der Waals surface area contributed by atoms with Crippen LogP contribution in [0.1, 0.15) is 17.3 Å². The minimum absolute atomic E-state index is 0.0900. The van der Waals surface area contributed by atoms with Crippen molar-refractivity contribution in [3.63, 3.8) is 0 Å². The van der Waals surface area contributed by atoms with E-state index >= 15 is 0 Å². The quantitative estimate of drug-likeness (QED) is 0.789. The average molecular weight is 290 g/mol. The molecule has 1 aromatic carbocycles. The highest BCUT2D eigenvalue weighted by Crippen LogP contribution is 2.16. The SMILES string of the molecule is CCOC(=O)Cn1cc(NC(=O)c2ccccc2O)nn1. The first kappa shape index (κ1) is 14.5. The molecule has 2 aromatic rings. The lowest BCUT2D eigenvalue weighted by Crippen LogP contribution is -2.14. The zero-order chi connectivity index (χ0) is 15.2. The number of amides is 1. The predicted molar refractivity (Wildman–Crippen MR) is 72.7 cm³/mol. The Labute approximate surface area is 120 Å². The summed E-state index contributed by atoms with van der Waals surface area (Å²) in [5.41, 5.74) is 0.123. The van der Waals surface area contributed by atoms with Crippen molar-refractivity contribution in [2.24, 2.45) is 0 Å². The van der Waals surface area contributed by atoms with Gasteiger partial charge in [0, 0.05) is 0 Å². The van der Waals surface area contributed by atoms with Gasteiger partial charge in [-0.1, -0.05) is 17.3 Å². The van der Waals surface area contributed by atoms with E-state index < -0.39 is 11.9 Å². The maximum absolute atomic E-state index is 11.9. The van der Waals surface area contributed by atoms with Gasteiger partial charge in [-0.3, -0.25) is 9.59 Å². The number of phenolic OH excluding ortho intramolecular Hbond substituents is 1. The van der Waals surface area contributed by atoms with E-state index in [4.69, 9.17) is 4.74 Å². The van der Waals surface area contributed by atoms with Crippen LogP contribution in [0.25, 0.3) is 0 Å². The summed E-state index contributed by atoms with van der Waals surface area (Å²) in [4.78, 5) is 23.2. The van der Waals surface area contributed by atoms with Crippen LogP contribution in [0.3, 0.4) is 0 Å².